The number of sulfonamides is 1. The Morgan fingerprint density at radius 2 is 2.40 bits per heavy atom. The maximum atomic E-state index is 12.6. The molecular weight excluding hydrogens is 280 g/mol. The highest BCUT2D eigenvalue weighted by Gasteiger charge is 2.31. The fraction of sp³-hybridized carbons (Fsp3) is 0.750. The summed E-state index contributed by atoms with van der Waals surface area (Å²) in [6.07, 6.45) is 2.49. The van der Waals surface area contributed by atoms with Gasteiger partial charge in [-0.05, 0) is 19.9 Å². The van der Waals surface area contributed by atoms with E-state index in [-0.39, 0.29) is 11.1 Å². The molecule has 1 fully saturated rings. The maximum absolute atomic E-state index is 12.6. The van der Waals surface area contributed by atoms with Gasteiger partial charge in [0.05, 0.1) is 18.9 Å². The van der Waals surface area contributed by atoms with Gasteiger partial charge in [0.25, 0.3) is 10.0 Å². The lowest BCUT2D eigenvalue weighted by Crippen LogP contribution is -2.44. The molecule has 2 rings (SSSR count). The number of aromatic nitrogens is 2. The van der Waals surface area contributed by atoms with Crippen molar-refractivity contribution in [3.8, 4) is 0 Å². The Morgan fingerprint density at radius 3 is 3.10 bits per heavy atom. The molecule has 1 unspecified atom stereocenters. The van der Waals surface area contributed by atoms with E-state index in [2.05, 4.69) is 22.4 Å². The second kappa shape index (κ2) is 6.66. The molecule has 2 N–H and O–H groups in total. The lowest BCUT2D eigenvalue weighted by molar-refractivity contribution is 0.0101. The van der Waals surface area contributed by atoms with E-state index in [1.54, 1.807) is 6.20 Å². The minimum atomic E-state index is -3.52. The second-order valence-electron chi connectivity index (χ2n) is 4.95. The number of H-pyrrole nitrogens is 1. The third kappa shape index (κ3) is 3.38. The van der Waals surface area contributed by atoms with Crippen LogP contribution in [0, 0.1) is 0 Å². The molecule has 20 heavy (non-hydrogen) atoms. The fourth-order valence-corrected chi connectivity index (χ4v) is 3.79. The largest absolute Gasteiger partial charge is 0.376 e. The lowest BCUT2D eigenvalue weighted by atomic mass is 10.3. The first kappa shape index (κ1) is 15.4. The van der Waals surface area contributed by atoms with Gasteiger partial charge in [0, 0.05) is 25.2 Å². The van der Waals surface area contributed by atoms with Crippen LogP contribution >= 0.6 is 0 Å². The number of nitrogens with one attached hydrogen (secondary N) is 2. The highest BCUT2D eigenvalue weighted by atomic mass is 32.2. The summed E-state index contributed by atoms with van der Waals surface area (Å²) in [6.45, 7) is 6.47. The zero-order chi connectivity index (χ0) is 14.6. The van der Waals surface area contributed by atoms with Gasteiger partial charge in [-0.1, -0.05) is 6.92 Å². The van der Waals surface area contributed by atoms with Gasteiger partial charge in [0.15, 0.2) is 5.03 Å². The number of aromatic amines is 1. The number of hydrogen-bond donors (Lipinski definition) is 2. The normalized spacial score (nSPS) is 21.2. The first-order valence-electron chi connectivity index (χ1n) is 6.90. The molecule has 0 amide bonds. The summed E-state index contributed by atoms with van der Waals surface area (Å²) in [5, 5.41) is 9.89. The van der Waals surface area contributed by atoms with Crippen molar-refractivity contribution < 1.29 is 13.2 Å². The van der Waals surface area contributed by atoms with E-state index in [9.17, 15) is 8.42 Å². The summed E-state index contributed by atoms with van der Waals surface area (Å²) in [7, 11) is -3.52. The Morgan fingerprint density at radius 1 is 1.60 bits per heavy atom. The predicted molar refractivity (Wildman–Crippen MR) is 74.8 cm³/mol. The van der Waals surface area contributed by atoms with Gasteiger partial charge in [-0.25, -0.2) is 8.42 Å². The van der Waals surface area contributed by atoms with Crippen LogP contribution in [-0.4, -0.2) is 55.3 Å². The molecule has 1 saturated heterocycles. The van der Waals surface area contributed by atoms with Crippen LogP contribution in [-0.2, 0) is 21.3 Å². The second-order valence-corrected chi connectivity index (χ2v) is 6.82. The Kier molecular flexibility index (Phi) is 5.14. The first-order chi connectivity index (χ1) is 9.55. The van der Waals surface area contributed by atoms with Crippen LogP contribution in [0.2, 0.25) is 0 Å². The van der Waals surface area contributed by atoms with Crippen molar-refractivity contribution in [3.63, 3.8) is 0 Å². The number of nitrogens with zero attached hydrogens (tertiary/aromatic N) is 2. The van der Waals surface area contributed by atoms with E-state index < -0.39 is 10.0 Å². The van der Waals surface area contributed by atoms with E-state index in [0.717, 1.165) is 13.0 Å². The average molecular weight is 302 g/mol. The number of morpholine rings is 1. The summed E-state index contributed by atoms with van der Waals surface area (Å²) in [5.74, 6) is 0. The van der Waals surface area contributed by atoms with Crippen molar-refractivity contribution in [2.45, 2.75) is 37.9 Å². The van der Waals surface area contributed by atoms with E-state index >= 15 is 0 Å². The zero-order valence-corrected chi connectivity index (χ0v) is 12.7. The monoisotopic (exact) mass is 302 g/mol. The molecule has 0 radical (unpaired) electrons. The van der Waals surface area contributed by atoms with Crippen LogP contribution in [0.25, 0.3) is 0 Å². The molecule has 0 aromatic carbocycles. The molecule has 1 aliphatic rings. The molecule has 0 aliphatic carbocycles. The van der Waals surface area contributed by atoms with Crippen molar-refractivity contribution >= 4 is 10.0 Å². The third-order valence-corrected chi connectivity index (χ3v) is 5.10. The quantitative estimate of drug-likeness (QED) is 0.739. The minimum absolute atomic E-state index is 0.0805. The van der Waals surface area contributed by atoms with Crippen LogP contribution in [0.5, 0.6) is 0 Å². The average Bonchev–Trinajstić information content (AvgIpc) is 2.88. The van der Waals surface area contributed by atoms with Crippen molar-refractivity contribution in [2.24, 2.45) is 0 Å². The molecule has 0 saturated carbocycles. The summed E-state index contributed by atoms with van der Waals surface area (Å²) >= 11 is 0. The third-order valence-electron chi connectivity index (χ3n) is 3.22. The summed E-state index contributed by atoms with van der Waals surface area (Å²) in [5.41, 5.74) is 0.678. The molecule has 1 aliphatic heterocycles. The topological polar surface area (TPSA) is 87.3 Å². The molecule has 8 heteroatoms. The van der Waals surface area contributed by atoms with Gasteiger partial charge < -0.3 is 10.1 Å². The predicted octanol–water partition coefficient (Wildman–Crippen LogP) is 0.319. The van der Waals surface area contributed by atoms with E-state index in [1.807, 2.05) is 6.92 Å². The molecule has 0 spiro atoms. The molecule has 0 bridgehead atoms. The van der Waals surface area contributed by atoms with Crippen molar-refractivity contribution in [2.75, 3.05) is 26.2 Å². The number of ether oxygens (including phenoxy) is 1. The Balaban J connectivity index is 2.15. The van der Waals surface area contributed by atoms with Gasteiger partial charge in [0.2, 0.25) is 0 Å². The van der Waals surface area contributed by atoms with Crippen LogP contribution in [0.15, 0.2) is 11.2 Å². The van der Waals surface area contributed by atoms with Gasteiger partial charge in [-0.3, -0.25) is 5.10 Å². The van der Waals surface area contributed by atoms with E-state index in [4.69, 9.17) is 4.74 Å². The van der Waals surface area contributed by atoms with Gasteiger partial charge in [-0.15, -0.1) is 0 Å². The van der Waals surface area contributed by atoms with Crippen LogP contribution in [0.3, 0.4) is 0 Å². The summed E-state index contributed by atoms with van der Waals surface area (Å²) in [6, 6.07) is 0. The van der Waals surface area contributed by atoms with Gasteiger partial charge in [-0.2, -0.15) is 9.40 Å². The van der Waals surface area contributed by atoms with Crippen molar-refractivity contribution in [1.82, 2.24) is 19.8 Å². The summed E-state index contributed by atoms with van der Waals surface area (Å²) < 4.78 is 32.1. The molecule has 7 nitrogen and oxygen atoms in total. The van der Waals surface area contributed by atoms with E-state index in [1.165, 1.54) is 4.31 Å². The maximum Gasteiger partial charge on any atom is 0.260 e. The summed E-state index contributed by atoms with van der Waals surface area (Å²) in [4.78, 5) is 0. The van der Waals surface area contributed by atoms with Crippen molar-refractivity contribution in [3.05, 3.63) is 11.8 Å². The van der Waals surface area contributed by atoms with Crippen LogP contribution < -0.4 is 5.32 Å². The highest BCUT2D eigenvalue weighted by Crippen LogP contribution is 2.20. The van der Waals surface area contributed by atoms with E-state index in [0.29, 0.717) is 31.8 Å². The lowest BCUT2D eigenvalue weighted by Gasteiger charge is -2.30. The Labute approximate surface area is 119 Å². The Hall–Kier alpha value is -0.960. The molecule has 1 aromatic heterocycles. The number of hydrogen-bond acceptors (Lipinski definition) is 5. The molecule has 1 aromatic rings. The van der Waals surface area contributed by atoms with Gasteiger partial charge in [0.1, 0.15) is 0 Å². The molecule has 114 valence electrons. The first-order valence-corrected chi connectivity index (χ1v) is 8.34. The molecule has 2 heterocycles. The van der Waals surface area contributed by atoms with Gasteiger partial charge >= 0.3 is 0 Å². The van der Waals surface area contributed by atoms with Crippen molar-refractivity contribution in [1.29, 1.82) is 0 Å². The molecular formula is C12H22N4O3S. The highest BCUT2D eigenvalue weighted by molar-refractivity contribution is 7.89. The molecule has 1 atom stereocenters. The SMILES string of the molecule is CCCNCc1cn[nH]c1S(=O)(=O)N1CCOC(C)C1. The fourth-order valence-electron chi connectivity index (χ4n) is 2.18. The number of rotatable bonds is 6. The van der Waals surface area contributed by atoms with Crippen LogP contribution in [0.1, 0.15) is 25.8 Å². The van der Waals surface area contributed by atoms with Crippen LogP contribution in [0.4, 0.5) is 0 Å². The zero-order valence-electron chi connectivity index (χ0n) is 11.9. The smallest absolute Gasteiger partial charge is 0.260 e. The Bertz CT molecular complexity index is 529. The minimum Gasteiger partial charge on any atom is -0.376 e. The standard InChI is InChI=1S/C12H22N4O3S/c1-3-4-13-7-11-8-14-15-12(11)20(17,18)16-5-6-19-10(2)9-16/h8,10,13H,3-7,9H2,1-2H3,(H,14,15).